The van der Waals surface area contributed by atoms with Gasteiger partial charge < -0.3 is 0 Å². The summed E-state index contributed by atoms with van der Waals surface area (Å²) in [6.07, 6.45) is 7.78. The summed E-state index contributed by atoms with van der Waals surface area (Å²) in [6.45, 7) is 8.70. The Hall–Kier alpha value is -0.850. The third-order valence-corrected chi connectivity index (χ3v) is 1.07. The van der Waals surface area contributed by atoms with Crippen LogP contribution in [-0.4, -0.2) is 17.3 Å². The molecule has 50 valence electrons. The van der Waals surface area contributed by atoms with Crippen molar-refractivity contribution in [2.24, 2.45) is 0 Å². The van der Waals surface area contributed by atoms with Crippen LogP contribution in [0.4, 0.5) is 0 Å². The third kappa shape index (κ3) is 3.71. The summed E-state index contributed by atoms with van der Waals surface area (Å²) in [5.74, 6) is 0. The van der Waals surface area contributed by atoms with E-state index in [0.29, 0.717) is 0 Å². The number of hydrogen-bond acceptors (Lipinski definition) is 0. The average Bonchev–Trinajstić information content (AvgIpc) is 1.91. The van der Waals surface area contributed by atoms with E-state index in [1.54, 1.807) is 6.20 Å². The standard InChI is InChI=1S/C8H14N/c1-4-7-8-9(5-2)6-3/h4-5,7-8H,2,6H2,1,3H3/q+1/b7-4-,9-8?. The fraction of sp³-hybridized carbons (Fsp3) is 0.375. The Morgan fingerprint density at radius 2 is 2.22 bits per heavy atom. The highest BCUT2D eigenvalue weighted by Crippen LogP contribution is 1.73. The molecular weight excluding hydrogens is 110 g/mol. The number of hydrogen-bond donors (Lipinski definition) is 0. The number of allylic oxidation sites excluding steroid dienone is 2. The van der Waals surface area contributed by atoms with Crippen molar-refractivity contribution in [3.63, 3.8) is 0 Å². The molecule has 0 fully saturated rings. The lowest BCUT2D eigenvalue weighted by molar-refractivity contribution is -0.446. The van der Waals surface area contributed by atoms with Crippen LogP contribution in [0.2, 0.25) is 0 Å². The Bertz CT molecular complexity index is 132. The van der Waals surface area contributed by atoms with Gasteiger partial charge in [0.15, 0.2) is 12.4 Å². The molecule has 0 saturated heterocycles. The maximum Gasteiger partial charge on any atom is 0.168 e. The zero-order valence-corrected chi connectivity index (χ0v) is 6.17. The fourth-order valence-electron chi connectivity index (χ4n) is 0.492. The monoisotopic (exact) mass is 124 g/mol. The molecule has 1 nitrogen and oxygen atoms in total. The summed E-state index contributed by atoms with van der Waals surface area (Å²) < 4.78 is 2.01. The molecule has 0 amide bonds. The second-order valence-electron chi connectivity index (χ2n) is 1.69. The predicted octanol–water partition coefficient (Wildman–Crippen LogP) is 1.81. The van der Waals surface area contributed by atoms with Crippen LogP contribution in [0, 0.1) is 0 Å². The van der Waals surface area contributed by atoms with Gasteiger partial charge in [-0.3, -0.25) is 0 Å². The number of rotatable bonds is 3. The van der Waals surface area contributed by atoms with Crippen molar-refractivity contribution in [1.82, 2.24) is 0 Å². The summed E-state index contributed by atoms with van der Waals surface area (Å²) in [5, 5.41) is 0. The molecule has 0 heterocycles. The lowest BCUT2D eigenvalue weighted by Gasteiger charge is -1.85. The maximum absolute atomic E-state index is 3.65. The van der Waals surface area contributed by atoms with Gasteiger partial charge in [0.05, 0.1) is 0 Å². The quantitative estimate of drug-likeness (QED) is 0.399. The first-order valence-corrected chi connectivity index (χ1v) is 3.19. The van der Waals surface area contributed by atoms with E-state index in [9.17, 15) is 0 Å². The van der Waals surface area contributed by atoms with Crippen molar-refractivity contribution in [3.8, 4) is 0 Å². The third-order valence-electron chi connectivity index (χ3n) is 1.07. The summed E-state index contributed by atoms with van der Waals surface area (Å²) >= 11 is 0. The zero-order valence-electron chi connectivity index (χ0n) is 6.17. The van der Waals surface area contributed by atoms with E-state index in [4.69, 9.17) is 0 Å². The average molecular weight is 124 g/mol. The smallest absolute Gasteiger partial charge is 0.168 e. The van der Waals surface area contributed by atoms with Gasteiger partial charge in [-0.05, 0) is 26.5 Å². The van der Waals surface area contributed by atoms with Gasteiger partial charge in [0.1, 0.15) is 6.54 Å². The molecule has 0 saturated carbocycles. The van der Waals surface area contributed by atoms with E-state index >= 15 is 0 Å². The Labute approximate surface area is 57.0 Å². The summed E-state index contributed by atoms with van der Waals surface area (Å²) in [4.78, 5) is 0. The lowest BCUT2D eigenvalue weighted by atomic mass is 10.5. The molecule has 0 aromatic rings. The Morgan fingerprint density at radius 1 is 1.56 bits per heavy atom. The minimum Gasteiger partial charge on any atom is -0.206 e. The molecule has 0 N–H and O–H groups in total. The van der Waals surface area contributed by atoms with Gasteiger partial charge in [0.2, 0.25) is 0 Å². The van der Waals surface area contributed by atoms with Gasteiger partial charge in [0, 0.05) is 0 Å². The van der Waals surface area contributed by atoms with Gasteiger partial charge in [-0.15, -0.1) is 0 Å². The van der Waals surface area contributed by atoms with E-state index in [2.05, 4.69) is 13.5 Å². The van der Waals surface area contributed by atoms with Crippen LogP contribution < -0.4 is 0 Å². The van der Waals surface area contributed by atoms with Crippen LogP contribution >= 0.6 is 0 Å². The van der Waals surface area contributed by atoms with Crippen LogP contribution in [0.15, 0.2) is 24.9 Å². The largest absolute Gasteiger partial charge is 0.206 e. The first-order chi connectivity index (χ1) is 4.35. The molecule has 0 bridgehead atoms. The van der Waals surface area contributed by atoms with Crippen molar-refractivity contribution in [3.05, 3.63) is 24.9 Å². The molecule has 0 aliphatic rings. The molecule has 0 aliphatic heterocycles. The molecule has 0 aliphatic carbocycles. The fourth-order valence-corrected chi connectivity index (χ4v) is 0.492. The Balaban J connectivity index is 3.90. The van der Waals surface area contributed by atoms with Crippen LogP contribution in [0.25, 0.3) is 0 Å². The summed E-state index contributed by atoms with van der Waals surface area (Å²) in [6, 6.07) is 0. The first-order valence-electron chi connectivity index (χ1n) is 3.19. The lowest BCUT2D eigenvalue weighted by Crippen LogP contribution is -2.01. The molecule has 0 aromatic heterocycles. The Kier molecular flexibility index (Phi) is 4.79. The molecular formula is C8H14N+. The highest BCUT2D eigenvalue weighted by atomic mass is 14.9. The molecule has 0 aromatic carbocycles. The normalized spacial score (nSPS) is 12.4. The van der Waals surface area contributed by atoms with E-state index in [-0.39, 0.29) is 0 Å². The minimum atomic E-state index is 0.980. The van der Waals surface area contributed by atoms with Gasteiger partial charge in [-0.2, -0.15) is 0 Å². The van der Waals surface area contributed by atoms with Gasteiger partial charge in [-0.1, -0.05) is 6.08 Å². The van der Waals surface area contributed by atoms with Crippen LogP contribution in [0.3, 0.4) is 0 Å². The molecule has 0 rings (SSSR count). The van der Waals surface area contributed by atoms with E-state index < -0.39 is 0 Å². The van der Waals surface area contributed by atoms with Gasteiger partial charge in [-0.25, -0.2) is 4.58 Å². The molecule has 1 heteroatoms. The molecule has 0 unspecified atom stereocenters. The first kappa shape index (κ1) is 8.15. The molecule has 9 heavy (non-hydrogen) atoms. The van der Waals surface area contributed by atoms with Crippen molar-refractivity contribution < 1.29 is 4.58 Å². The maximum atomic E-state index is 3.65. The second-order valence-corrected chi connectivity index (χ2v) is 1.69. The molecule has 0 atom stereocenters. The van der Waals surface area contributed by atoms with Crippen molar-refractivity contribution in [1.29, 1.82) is 0 Å². The zero-order chi connectivity index (χ0) is 7.11. The van der Waals surface area contributed by atoms with Crippen LogP contribution in [-0.2, 0) is 0 Å². The van der Waals surface area contributed by atoms with E-state index in [1.807, 2.05) is 29.9 Å². The SMILES string of the molecule is C=C[N+](=C/C=C\C)CC. The predicted molar refractivity (Wildman–Crippen MR) is 41.9 cm³/mol. The summed E-state index contributed by atoms with van der Waals surface area (Å²) in [7, 11) is 0. The topological polar surface area (TPSA) is 3.01 Å². The van der Waals surface area contributed by atoms with E-state index in [0.717, 1.165) is 6.54 Å². The van der Waals surface area contributed by atoms with Crippen LogP contribution in [0.5, 0.6) is 0 Å². The van der Waals surface area contributed by atoms with Crippen molar-refractivity contribution >= 4 is 6.21 Å². The van der Waals surface area contributed by atoms with Crippen LogP contribution in [0.1, 0.15) is 13.8 Å². The highest BCUT2D eigenvalue weighted by Gasteiger charge is 1.85. The van der Waals surface area contributed by atoms with E-state index in [1.165, 1.54) is 0 Å². The van der Waals surface area contributed by atoms with Crippen molar-refractivity contribution in [2.45, 2.75) is 13.8 Å². The molecule has 0 radical (unpaired) electrons. The van der Waals surface area contributed by atoms with Gasteiger partial charge in [0.25, 0.3) is 0 Å². The number of nitrogens with zero attached hydrogens (tertiary/aromatic N) is 1. The molecule has 0 spiro atoms. The van der Waals surface area contributed by atoms with Gasteiger partial charge >= 0.3 is 0 Å². The Morgan fingerprint density at radius 3 is 2.56 bits per heavy atom. The minimum absolute atomic E-state index is 0.980. The highest BCUT2D eigenvalue weighted by molar-refractivity contribution is 5.66. The second kappa shape index (κ2) is 5.29. The van der Waals surface area contributed by atoms with Crippen molar-refractivity contribution in [2.75, 3.05) is 6.54 Å². The summed E-state index contributed by atoms with van der Waals surface area (Å²) in [5.41, 5.74) is 0.